The third kappa shape index (κ3) is 3.49. The number of hydrogen-bond donors (Lipinski definition) is 0. The van der Waals surface area contributed by atoms with Gasteiger partial charge in [0.25, 0.3) is 0 Å². The van der Waals surface area contributed by atoms with Crippen LogP contribution in [0.2, 0.25) is 0 Å². The molecule has 1 aromatic carbocycles. The maximum atomic E-state index is 5.59. The topological polar surface area (TPSA) is 9.23 Å². The Hall–Kier alpha value is -0.980. The van der Waals surface area contributed by atoms with E-state index < -0.39 is 0 Å². The maximum absolute atomic E-state index is 5.59. The van der Waals surface area contributed by atoms with Gasteiger partial charge in [0.15, 0.2) is 0 Å². The SMILES string of the molecule is [CH2]c1cc(C)cc(OCC(C)C)c1. The van der Waals surface area contributed by atoms with Crippen molar-refractivity contribution in [1.29, 1.82) is 0 Å². The van der Waals surface area contributed by atoms with Crippen molar-refractivity contribution in [2.75, 3.05) is 6.61 Å². The lowest BCUT2D eigenvalue weighted by molar-refractivity contribution is 0.271. The van der Waals surface area contributed by atoms with Crippen LogP contribution in [0.25, 0.3) is 0 Å². The summed E-state index contributed by atoms with van der Waals surface area (Å²) in [5, 5.41) is 0. The normalized spacial score (nSPS) is 10.5. The number of benzene rings is 1. The van der Waals surface area contributed by atoms with E-state index in [4.69, 9.17) is 4.74 Å². The van der Waals surface area contributed by atoms with E-state index in [1.165, 1.54) is 5.56 Å². The minimum atomic E-state index is 0.564. The van der Waals surface area contributed by atoms with Gasteiger partial charge < -0.3 is 4.74 Å². The Kier molecular flexibility index (Phi) is 3.35. The Morgan fingerprint density at radius 2 is 2.00 bits per heavy atom. The predicted molar refractivity (Wildman–Crippen MR) is 56.0 cm³/mol. The quantitative estimate of drug-likeness (QED) is 0.689. The third-order valence-corrected chi connectivity index (χ3v) is 1.69. The highest BCUT2D eigenvalue weighted by molar-refractivity contribution is 5.35. The standard InChI is InChI=1S/C12H17O/c1-9(2)8-13-12-6-10(3)5-11(4)7-12/h5-7,9H,3,8H2,1-2,4H3. The molecule has 0 saturated heterocycles. The van der Waals surface area contributed by atoms with Crippen LogP contribution in [0.4, 0.5) is 0 Å². The van der Waals surface area contributed by atoms with Gasteiger partial charge in [0.05, 0.1) is 6.61 Å². The molecule has 0 bridgehead atoms. The zero-order chi connectivity index (χ0) is 9.84. The molecule has 0 saturated carbocycles. The summed E-state index contributed by atoms with van der Waals surface area (Å²) in [4.78, 5) is 0. The molecular formula is C12H17O. The van der Waals surface area contributed by atoms with E-state index in [9.17, 15) is 0 Å². The molecule has 13 heavy (non-hydrogen) atoms. The van der Waals surface area contributed by atoms with Crippen molar-refractivity contribution >= 4 is 0 Å². The van der Waals surface area contributed by atoms with Gasteiger partial charge in [0, 0.05) is 0 Å². The van der Waals surface area contributed by atoms with Crippen LogP contribution in [0.1, 0.15) is 25.0 Å². The van der Waals surface area contributed by atoms with Crippen molar-refractivity contribution in [3.05, 3.63) is 36.2 Å². The minimum Gasteiger partial charge on any atom is -0.493 e. The number of rotatable bonds is 3. The van der Waals surface area contributed by atoms with Crippen LogP contribution >= 0.6 is 0 Å². The lowest BCUT2D eigenvalue weighted by Crippen LogP contribution is -2.04. The van der Waals surface area contributed by atoms with Crippen LogP contribution in [-0.4, -0.2) is 6.61 Å². The molecule has 1 rings (SSSR count). The van der Waals surface area contributed by atoms with Gasteiger partial charge in [0.1, 0.15) is 5.75 Å². The first-order chi connectivity index (χ1) is 6.08. The highest BCUT2D eigenvalue weighted by Crippen LogP contribution is 2.16. The van der Waals surface area contributed by atoms with Crippen LogP contribution in [0.5, 0.6) is 5.75 Å². The first-order valence-electron chi connectivity index (χ1n) is 4.64. The second-order valence-electron chi connectivity index (χ2n) is 3.86. The molecule has 1 nitrogen and oxygen atoms in total. The summed E-state index contributed by atoms with van der Waals surface area (Å²) in [5.41, 5.74) is 2.21. The molecule has 0 aliphatic rings. The highest BCUT2D eigenvalue weighted by Gasteiger charge is 1.98. The molecule has 0 aromatic heterocycles. The van der Waals surface area contributed by atoms with Crippen LogP contribution < -0.4 is 4.74 Å². The van der Waals surface area contributed by atoms with Crippen LogP contribution in [0.3, 0.4) is 0 Å². The second-order valence-corrected chi connectivity index (χ2v) is 3.86. The largest absolute Gasteiger partial charge is 0.493 e. The molecule has 71 valence electrons. The summed E-state index contributed by atoms with van der Waals surface area (Å²) in [5.74, 6) is 1.49. The molecule has 0 spiro atoms. The van der Waals surface area contributed by atoms with Crippen LogP contribution in [0.15, 0.2) is 18.2 Å². The third-order valence-electron chi connectivity index (χ3n) is 1.69. The van der Waals surface area contributed by atoms with Crippen molar-refractivity contribution in [3.8, 4) is 5.75 Å². The van der Waals surface area contributed by atoms with E-state index in [0.29, 0.717) is 5.92 Å². The molecule has 0 amide bonds. The van der Waals surface area contributed by atoms with Gasteiger partial charge in [-0.2, -0.15) is 0 Å². The predicted octanol–water partition coefficient (Wildman–Crippen LogP) is 3.21. The van der Waals surface area contributed by atoms with E-state index in [1.54, 1.807) is 0 Å². The zero-order valence-electron chi connectivity index (χ0n) is 8.63. The summed E-state index contributed by atoms with van der Waals surface area (Å²) in [6.45, 7) is 11.0. The highest BCUT2D eigenvalue weighted by atomic mass is 16.5. The van der Waals surface area contributed by atoms with Gasteiger partial charge in [-0.1, -0.05) is 19.9 Å². The van der Waals surface area contributed by atoms with Gasteiger partial charge in [-0.15, -0.1) is 0 Å². The van der Waals surface area contributed by atoms with E-state index in [0.717, 1.165) is 17.9 Å². The Morgan fingerprint density at radius 3 is 2.54 bits per heavy atom. The Labute approximate surface area is 80.7 Å². The molecule has 0 unspecified atom stereocenters. The fourth-order valence-electron chi connectivity index (χ4n) is 1.17. The van der Waals surface area contributed by atoms with E-state index in [2.05, 4.69) is 27.7 Å². The monoisotopic (exact) mass is 177 g/mol. The van der Waals surface area contributed by atoms with Gasteiger partial charge in [-0.05, 0) is 43.0 Å². The van der Waals surface area contributed by atoms with Crippen molar-refractivity contribution in [2.45, 2.75) is 20.8 Å². The maximum Gasteiger partial charge on any atom is 0.119 e. The molecule has 1 aromatic rings. The second kappa shape index (κ2) is 4.31. The zero-order valence-corrected chi connectivity index (χ0v) is 8.63. The molecule has 0 atom stereocenters. The van der Waals surface area contributed by atoms with E-state index in [-0.39, 0.29) is 0 Å². The summed E-state index contributed by atoms with van der Waals surface area (Å²) in [6.07, 6.45) is 0. The number of hydrogen-bond acceptors (Lipinski definition) is 1. The lowest BCUT2D eigenvalue weighted by atomic mass is 10.1. The minimum absolute atomic E-state index is 0.564. The molecule has 0 aliphatic heterocycles. The molecule has 0 aliphatic carbocycles. The fourth-order valence-corrected chi connectivity index (χ4v) is 1.17. The fraction of sp³-hybridized carbons (Fsp3) is 0.417. The van der Waals surface area contributed by atoms with Crippen LogP contribution in [0, 0.1) is 19.8 Å². The van der Waals surface area contributed by atoms with Crippen LogP contribution in [-0.2, 0) is 0 Å². The molecule has 1 radical (unpaired) electrons. The van der Waals surface area contributed by atoms with Crippen molar-refractivity contribution in [2.24, 2.45) is 5.92 Å². The average Bonchev–Trinajstić information content (AvgIpc) is 1.99. The molecular weight excluding hydrogens is 160 g/mol. The summed E-state index contributed by atoms with van der Waals surface area (Å²) < 4.78 is 5.59. The summed E-state index contributed by atoms with van der Waals surface area (Å²) >= 11 is 0. The smallest absolute Gasteiger partial charge is 0.119 e. The molecule has 0 N–H and O–H groups in total. The molecule has 0 heterocycles. The van der Waals surface area contributed by atoms with Gasteiger partial charge in [-0.25, -0.2) is 0 Å². The summed E-state index contributed by atoms with van der Waals surface area (Å²) in [6, 6.07) is 6.05. The first kappa shape index (κ1) is 10.1. The van der Waals surface area contributed by atoms with E-state index in [1.807, 2.05) is 18.2 Å². The average molecular weight is 177 g/mol. The van der Waals surface area contributed by atoms with Crippen molar-refractivity contribution in [1.82, 2.24) is 0 Å². The van der Waals surface area contributed by atoms with E-state index >= 15 is 0 Å². The Bertz CT molecular complexity index is 256. The number of ether oxygens (including phenoxy) is 1. The van der Waals surface area contributed by atoms with Gasteiger partial charge >= 0.3 is 0 Å². The van der Waals surface area contributed by atoms with Crippen molar-refractivity contribution < 1.29 is 4.74 Å². The Balaban J connectivity index is 2.66. The molecule has 1 heteroatoms. The van der Waals surface area contributed by atoms with Gasteiger partial charge in [-0.3, -0.25) is 0 Å². The lowest BCUT2D eigenvalue weighted by Gasteiger charge is -2.09. The first-order valence-corrected chi connectivity index (χ1v) is 4.64. The molecule has 0 fully saturated rings. The van der Waals surface area contributed by atoms with Crippen molar-refractivity contribution in [3.63, 3.8) is 0 Å². The summed E-state index contributed by atoms with van der Waals surface area (Å²) in [7, 11) is 0. The van der Waals surface area contributed by atoms with Gasteiger partial charge in [0.2, 0.25) is 0 Å². The number of aryl methyl sites for hydroxylation is 1. The Morgan fingerprint density at radius 1 is 1.31 bits per heavy atom.